The van der Waals surface area contributed by atoms with Gasteiger partial charge in [0.15, 0.2) is 11.5 Å². The van der Waals surface area contributed by atoms with Crippen molar-refractivity contribution in [3.63, 3.8) is 0 Å². The first-order chi connectivity index (χ1) is 7.92. The van der Waals surface area contributed by atoms with Crippen LogP contribution in [-0.2, 0) is 4.79 Å². The molecule has 17 heavy (non-hydrogen) atoms. The smallest absolute Gasteiger partial charge is 0.347 e. The van der Waals surface area contributed by atoms with Gasteiger partial charge in [0.05, 0.1) is 7.11 Å². The van der Waals surface area contributed by atoms with Crippen molar-refractivity contribution in [3.8, 4) is 11.5 Å². The van der Waals surface area contributed by atoms with Crippen molar-refractivity contribution in [3.05, 3.63) is 23.8 Å². The van der Waals surface area contributed by atoms with Gasteiger partial charge in [0.1, 0.15) is 0 Å². The molecule has 4 nitrogen and oxygen atoms in total. The fraction of sp³-hybridized carbons (Fsp3) is 0.462. The zero-order valence-corrected chi connectivity index (χ0v) is 10.6. The molecule has 0 aliphatic carbocycles. The number of aliphatic carboxylic acids is 1. The predicted octanol–water partition coefficient (Wildman–Crippen LogP) is 2.64. The Hall–Kier alpha value is -1.71. The van der Waals surface area contributed by atoms with Gasteiger partial charge in [0.2, 0.25) is 5.60 Å². The predicted molar refractivity (Wildman–Crippen MR) is 64.7 cm³/mol. The van der Waals surface area contributed by atoms with Gasteiger partial charge >= 0.3 is 5.97 Å². The molecule has 1 aromatic rings. The highest BCUT2D eigenvalue weighted by atomic mass is 16.5. The average Bonchev–Trinajstić information content (AvgIpc) is 2.30. The summed E-state index contributed by atoms with van der Waals surface area (Å²) >= 11 is 0. The second-order valence-corrected chi connectivity index (χ2v) is 4.15. The summed E-state index contributed by atoms with van der Waals surface area (Å²) in [4.78, 5) is 11.2. The van der Waals surface area contributed by atoms with Crippen molar-refractivity contribution in [2.45, 2.75) is 32.8 Å². The monoisotopic (exact) mass is 238 g/mol. The van der Waals surface area contributed by atoms with Gasteiger partial charge < -0.3 is 14.6 Å². The van der Waals surface area contributed by atoms with E-state index in [1.54, 1.807) is 19.9 Å². The molecule has 0 bridgehead atoms. The molecule has 0 amide bonds. The number of methoxy groups -OCH3 is 1. The van der Waals surface area contributed by atoms with E-state index in [9.17, 15) is 4.79 Å². The highest BCUT2D eigenvalue weighted by Gasteiger charge is 2.34. The number of hydrogen-bond donors (Lipinski definition) is 1. The third-order valence-corrected chi connectivity index (χ3v) is 2.78. The largest absolute Gasteiger partial charge is 0.493 e. The first-order valence-corrected chi connectivity index (χ1v) is 5.50. The fourth-order valence-corrected chi connectivity index (χ4v) is 1.37. The van der Waals surface area contributed by atoms with Crippen molar-refractivity contribution in [2.75, 3.05) is 7.11 Å². The average molecular weight is 238 g/mol. The minimum Gasteiger partial charge on any atom is -0.493 e. The minimum absolute atomic E-state index is 0.374. The quantitative estimate of drug-likeness (QED) is 0.856. The molecule has 1 unspecified atom stereocenters. The van der Waals surface area contributed by atoms with E-state index in [-0.39, 0.29) is 0 Å². The van der Waals surface area contributed by atoms with Crippen molar-refractivity contribution < 1.29 is 19.4 Å². The number of benzene rings is 1. The van der Waals surface area contributed by atoms with Crippen LogP contribution in [-0.4, -0.2) is 23.8 Å². The zero-order chi connectivity index (χ0) is 13.1. The van der Waals surface area contributed by atoms with E-state index >= 15 is 0 Å². The molecule has 0 saturated heterocycles. The molecule has 0 spiro atoms. The fourth-order valence-electron chi connectivity index (χ4n) is 1.37. The Morgan fingerprint density at radius 3 is 2.53 bits per heavy atom. The molecule has 4 heteroatoms. The van der Waals surface area contributed by atoms with Gasteiger partial charge in [0, 0.05) is 0 Å². The van der Waals surface area contributed by atoms with Crippen LogP contribution in [0.15, 0.2) is 18.2 Å². The molecule has 94 valence electrons. The van der Waals surface area contributed by atoms with Gasteiger partial charge in [0.25, 0.3) is 0 Å². The molecule has 0 saturated carbocycles. The molecule has 0 radical (unpaired) electrons. The molecule has 0 fully saturated rings. The molecule has 1 N–H and O–H groups in total. The Morgan fingerprint density at radius 1 is 1.41 bits per heavy atom. The lowest BCUT2D eigenvalue weighted by Gasteiger charge is -2.25. The number of aryl methyl sites for hydroxylation is 1. The number of hydrogen-bond acceptors (Lipinski definition) is 3. The van der Waals surface area contributed by atoms with E-state index < -0.39 is 11.6 Å². The molecule has 0 aliphatic heterocycles. The molecular weight excluding hydrogens is 220 g/mol. The van der Waals surface area contributed by atoms with Crippen LogP contribution in [0.25, 0.3) is 0 Å². The summed E-state index contributed by atoms with van der Waals surface area (Å²) in [6.07, 6.45) is 0.374. The standard InChI is InChI=1S/C13H18O4/c1-5-13(3,12(14)15)17-10-7-6-9(2)8-11(10)16-4/h6-8H,5H2,1-4H3,(H,14,15). The van der Waals surface area contributed by atoms with Gasteiger partial charge in [-0.2, -0.15) is 0 Å². The summed E-state index contributed by atoms with van der Waals surface area (Å²) in [5.74, 6) is 0.0124. The van der Waals surface area contributed by atoms with Crippen molar-refractivity contribution in [1.82, 2.24) is 0 Å². The lowest BCUT2D eigenvalue weighted by atomic mass is 10.0. The Balaban J connectivity index is 3.05. The summed E-state index contributed by atoms with van der Waals surface area (Å²) < 4.78 is 10.7. The van der Waals surface area contributed by atoms with Crippen LogP contribution in [0, 0.1) is 6.92 Å². The van der Waals surface area contributed by atoms with Gasteiger partial charge in [-0.1, -0.05) is 13.0 Å². The first-order valence-electron chi connectivity index (χ1n) is 5.50. The van der Waals surface area contributed by atoms with E-state index in [4.69, 9.17) is 14.6 Å². The normalized spacial score (nSPS) is 13.9. The highest BCUT2D eigenvalue weighted by molar-refractivity contribution is 5.77. The number of carboxylic acid groups (broad SMARTS) is 1. The Morgan fingerprint density at radius 2 is 2.06 bits per heavy atom. The zero-order valence-electron chi connectivity index (χ0n) is 10.6. The summed E-state index contributed by atoms with van der Waals surface area (Å²) in [7, 11) is 1.53. The SMILES string of the molecule is CCC(C)(Oc1ccc(C)cc1OC)C(=O)O. The van der Waals surface area contributed by atoms with Crippen LogP contribution >= 0.6 is 0 Å². The molecule has 1 aromatic carbocycles. The van der Waals surface area contributed by atoms with Crippen LogP contribution in [0.2, 0.25) is 0 Å². The summed E-state index contributed by atoms with van der Waals surface area (Å²) in [6, 6.07) is 5.40. The van der Waals surface area contributed by atoms with Crippen LogP contribution in [0.5, 0.6) is 11.5 Å². The van der Waals surface area contributed by atoms with Crippen LogP contribution in [0.1, 0.15) is 25.8 Å². The van der Waals surface area contributed by atoms with E-state index in [1.165, 1.54) is 7.11 Å². The minimum atomic E-state index is -1.23. The molecule has 0 heterocycles. The van der Waals surface area contributed by atoms with E-state index in [0.29, 0.717) is 17.9 Å². The summed E-state index contributed by atoms with van der Waals surface area (Å²) in [5, 5.41) is 9.15. The van der Waals surface area contributed by atoms with E-state index in [0.717, 1.165) is 5.56 Å². The third-order valence-electron chi connectivity index (χ3n) is 2.78. The maximum atomic E-state index is 11.2. The summed E-state index contributed by atoms with van der Waals surface area (Å²) in [6.45, 7) is 5.26. The van der Waals surface area contributed by atoms with Gasteiger partial charge in [-0.25, -0.2) is 4.79 Å². The van der Waals surface area contributed by atoms with Crippen molar-refractivity contribution in [1.29, 1.82) is 0 Å². The number of carboxylic acids is 1. The maximum Gasteiger partial charge on any atom is 0.347 e. The molecule has 1 atom stereocenters. The van der Waals surface area contributed by atoms with Gasteiger partial charge in [-0.3, -0.25) is 0 Å². The molecule has 1 rings (SSSR count). The number of rotatable bonds is 5. The highest BCUT2D eigenvalue weighted by Crippen LogP contribution is 2.32. The topological polar surface area (TPSA) is 55.8 Å². The molecular formula is C13H18O4. The lowest BCUT2D eigenvalue weighted by molar-refractivity contribution is -0.154. The maximum absolute atomic E-state index is 11.2. The molecule has 0 aromatic heterocycles. The second kappa shape index (κ2) is 5.08. The first kappa shape index (κ1) is 13.4. The number of carbonyl (C=O) groups is 1. The number of ether oxygens (including phenoxy) is 2. The van der Waals surface area contributed by atoms with E-state index in [2.05, 4.69) is 0 Å². The second-order valence-electron chi connectivity index (χ2n) is 4.15. The van der Waals surface area contributed by atoms with Crippen LogP contribution < -0.4 is 9.47 Å². The van der Waals surface area contributed by atoms with Gasteiger partial charge in [-0.15, -0.1) is 0 Å². The lowest BCUT2D eigenvalue weighted by Crippen LogP contribution is -2.40. The van der Waals surface area contributed by atoms with Crippen LogP contribution in [0.3, 0.4) is 0 Å². The Bertz CT molecular complexity index is 414. The Kier molecular flexibility index (Phi) is 3.99. The van der Waals surface area contributed by atoms with Crippen LogP contribution in [0.4, 0.5) is 0 Å². The van der Waals surface area contributed by atoms with Gasteiger partial charge in [-0.05, 0) is 38.0 Å². The summed E-state index contributed by atoms with van der Waals surface area (Å²) in [5.41, 5.74) is -0.203. The Labute approximate surface area is 101 Å². The van der Waals surface area contributed by atoms with Crippen molar-refractivity contribution in [2.24, 2.45) is 0 Å². The third kappa shape index (κ3) is 2.90. The van der Waals surface area contributed by atoms with Crippen molar-refractivity contribution >= 4 is 5.97 Å². The molecule has 0 aliphatic rings. The van der Waals surface area contributed by atoms with E-state index in [1.807, 2.05) is 19.1 Å².